The van der Waals surface area contributed by atoms with Gasteiger partial charge in [-0.05, 0) is 25.9 Å². The number of rotatable bonds is 5. The fourth-order valence-corrected chi connectivity index (χ4v) is 1.84. The average molecular weight is 240 g/mol. The number of hydrogen-bond donors (Lipinski definition) is 1. The van der Waals surface area contributed by atoms with E-state index in [2.05, 4.69) is 0 Å². The van der Waals surface area contributed by atoms with E-state index in [4.69, 9.17) is 10.5 Å². The van der Waals surface area contributed by atoms with Crippen LogP contribution in [0.5, 0.6) is 0 Å². The van der Waals surface area contributed by atoms with Gasteiger partial charge in [0.05, 0.1) is 19.1 Å². The van der Waals surface area contributed by atoms with Gasteiger partial charge in [0.15, 0.2) is 0 Å². The fraction of sp³-hybridized carbons (Fsp3) is 1.00. The predicted molar refractivity (Wildman–Crippen MR) is 55.1 cm³/mol. The summed E-state index contributed by atoms with van der Waals surface area (Å²) in [6.07, 6.45) is -3.96. The van der Waals surface area contributed by atoms with Crippen molar-refractivity contribution in [2.24, 2.45) is 11.7 Å². The molecule has 2 N–H and O–H groups in total. The lowest BCUT2D eigenvalue weighted by molar-refractivity contribution is -0.178. The lowest BCUT2D eigenvalue weighted by atomic mass is 10.0. The molecule has 3 nitrogen and oxygen atoms in total. The van der Waals surface area contributed by atoms with Crippen molar-refractivity contribution in [1.29, 1.82) is 0 Å². The van der Waals surface area contributed by atoms with E-state index in [1.165, 1.54) is 0 Å². The minimum Gasteiger partial charge on any atom is -0.379 e. The van der Waals surface area contributed by atoms with Gasteiger partial charge in [0, 0.05) is 13.1 Å². The van der Waals surface area contributed by atoms with Crippen molar-refractivity contribution >= 4 is 0 Å². The third-order valence-corrected chi connectivity index (χ3v) is 2.88. The maximum absolute atomic E-state index is 12.6. The topological polar surface area (TPSA) is 38.5 Å². The molecular formula is C10H19F3N2O. The van der Waals surface area contributed by atoms with Gasteiger partial charge in [-0.25, -0.2) is 0 Å². The summed E-state index contributed by atoms with van der Waals surface area (Å²) in [5.41, 5.74) is 5.20. The number of halogens is 3. The largest absolute Gasteiger partial charge is 0.391 e. The van der Waals surface area contributed by atoms with Gasteiger partial charge in [0.2, 0.25) is 0 Å². The van der Waals surface area contributed by atoms with E-state index < -0.39 is 12.1 Å². The summed E-state index contributed by atoms with van der Waals surface area (Å²) in [7, 11) is 0. The second-order valence-corrected chi connectivity index (χ2v) is 4.06. The highest BCUT2D eigenvalue weighted by Crippen LogP contribution is 2.31. The Morgan fingerprint density at radius 3 is 2.31 bits per heavy atom. The highest BCUT2D eigenvalue weighted by atomic mass is 19.4. The summed E-state index contributed by atoms with van der Waals surface area (Å²) in [6.45, 7) is 3.27. The first-order valence-corrected chi connectivity index (χ1v) is 5.61. The van der Waals surface area contributed by atoms with Gasteiger partial charge in [0.1, 0.15) is 0 Å². The zero-order chi connectivity index (χ0) is 12.0. The standard InChI is InChI=1S/C10H19F3N2O/c11-10(12,13)9(1-3-14)2-4-15-5-7-16-8-6-15/h9H,1-8,14H2. The van der Waals surface area contributed by atoms with E-state index in [9.17, 15) is 13.2 Å². The van der Waals surface area contributed by atoms with Gasteiger partial charge >= 0.3 is 6.18 Å². The Morgan fingerprint density at radius 1 is 1.19 bits per heavy atom. The summed E-state index contributed by atoms with van der Waals surface area (Å²) in [5, 5.41) is 0. The number of nitrogens with zero attached hydrogens (tertiary/aromatic N) is 1. The zero-order valence-corrected chi connectivity index (χ0v) is 9.30. The summed E-state index contributed by atoms with van der Waals surface area (Å²) in [5.74, 6) is -1.26. The quantitative estimate of drug-likeness (QED) is 0.785. The molecule has 1 unspecified atom stereocenters. The third-order valence-electron chi connectivity index (χ3n) is 2.88. The van der Waals surface area contributed by atoms with Gasteiger partial charge in [-0.15, -0.1) is 0 Å². The molecule has 96 valence electrons. The SMILES string of the molecule is NCCC(CCN1CCOCC1)C(F)(F)F. The van der Waals surface area contributed by atoms with Crippen molar-refractivity contribution in [2.75, 3.05) is 39.4 Å². The van der Waals surface area contributed by atoms with E-state index in [-0.39, 0.29) is 19.4 Å². The van der Waals surface area contributed by atoms with Gasteiger partial charge in [-0.2, -0.15) is 13.2 Å². The molecule has 0 bridgehead atoms. The Hall–Kier alpha value is -0.330. The van der Waals surface area contributed by atoms with Crippen LogP contribution in [0.1, 0.15) is 12.8 Å². The lowest BCUT2D eigenvalue weighted by Gasteiger charge is -2.28. The molecule has 1 saturated heterocycles. The molecular weight excluding hydrogens is 221 g/mol. The molecule has 0 saturated carbocycles. The molecule has 16 heavy (non-hydrogen) atoms. The fourth-order valence-electron chi connectivity index (χ4n) is 1.84. The molecule has 1 fully saturated rings. The van der Waals surface area contributed by atoms with Crippen LogP contribution in [0.25, 0.3) is 0 Å². The van der Waals surface area contributed by atoms with Crippen LogP contribution in [-0.2, 0) is 4.74 Å². The molecule has 6 heteroatoms. The lowest BCUT2D eigenvalue weighted by Crippen LogP contribution is -2.39. The Kier molecular flexibility index (Phi) is 5.51. The monoisotopic (exact) mass is 240 g/mol. The molecule has 1 rings (SSSR count). The van der Waals surface area contributed by atoms with E-state index >= 15 is 0 Å². The Balaban J connectivity index is 2.31. The van der Waals surface area contributed by atoms with Crippen molar-refractivity contribution in [3.8, 4) is 0 Å². The summed E-state index contributed by atoms with van der Waals surface area (Å²) >= 11 is 0. The number of morpholine rings is 1. The van der Waals surface area contributed by atoms with Gasteiger partial charge in [-0.3, -0.25) is 4.90 Å². The van der Waals surface area contributed by atoms with Crippen molar-refractivity contribution in [2.45, 2.75) is 19.0 Å². The minimum atomic E-state index is -4.12. The van der Waals surface area contributed by atoms with Crippen molar-refractivity contribution in [3.05, 3.63) is 0 Å². The molecule has 1 aliphatic rings. The number of hydrogen-bond acceptors (Lipinski definition) is 3. The number of nitrogens with two attached hydrogens (primary N) is 1. The first-order chi connectivity index (χ1) is 7.54. The second-order valence-electron chi connectivity index (χ2n) is 4.06. The van der Waals surface area contributed by atoms with Crippen LogP contribution in [-0.4, -0.2) is 50.5 Å². The molecule has 1 heterocycles. The predicted octanol–water partition coefficient (Wildman–Crippen LogP) is 1.24. The van der Waals surface area contributed by atoms with Crippen LogP contribution in [0.4, 0.5) is 13.2 Å². The summed E-state index contributed by atoms with van der Waals surface area (Å²) in [6, 6.07) is 0. The third kappa shape index (κ3) is 4.67. The molecule has 0 aromatic rings. The molecule has 0 aromatic heterocycles. The molecule has 0 aromatic carbocycles. The van der Waals surface area contributed by atoms with E-state index in [0.717, 1.165) is 13.1 Å². The number of ether oxygens (including phenoxy) is 1. The molecule has 1 aliphatic heterocycles. The highest BCUT2D eigenvalue weighted by molar-refractivity contribution is 4.71. The first kappa shape index (κ1) is 13.7. The maximum Gasteiger partial charge on any atom is 0.391 e. The Labute approximate surface area is 93.7 Å². The smallest absolute Gasteiger partial charge is 0.379 e. The van der Waals surface area contributed by atoms with Crippen LogP contribution < -0.4 is 5.73 Å². The van der Waals surface area contributed by atoms with E-state index in [1.54, 1.807) is 0 Å². The van der Waals surface area contributed by atoms with Crippen LogP contribution in [0, 0.1) is 5.92 Å². The summed E-state index contributed by atoms with van der Waals surface area (Å²) in [4.78, 5) is 2.01. The van der Waals surface area contributed by atoms with Gasteiger partial charge in [-0.1, -0.05) is 0 Å². The van der Waals surface area contributed by atoms with E-state index in [1.807, 2.05) is 4.90 Å². The van der Waals surface area contributed by atoms with Crippen LogP contribution in [0.15, 0.2) is 0 Å². The number of alkyl halides is 3. The molecule has 1 atom stereocenters. The van der Waals surface area contributed by atoms with Crippen LogP contribution in [0.2, 0.25) is 0 Å². The second kappa shape index (κ2) is 6.42. The van der Waals surface area contributed by atoms with Gasteiger partial charge in [0.25, 0.3) is 0 Å². The van der Waals surface area contributed by atoms with Crippen molar-refractivity contribution in [3.63, 3.8) is 0 Å². The van der Waals surface area contributed by atoms with E-state index in [0.29, 0.717) is 19.8 Å². The van der Waals surface area contributed by atoms with Crippen LogP contribution >= 0.6 is 0 Å². The van der Waals surface area contributed by atoms with Crippen LogP contribution in [0.3, 0.4) is 0 Å². The first-order valence-electron chi connectivity index (χ1n) is 5.61. The molecule has 0 radical (unpaired) electrons. The highest BCUT2D eigenvalue weighted by Gasteiger charge is 2.38. The molecule has 0 spiro atoms. The molecule has 0 aliphatic carbocycles. The van der Waals surface area contributed by atoms with Gasteiger partial charge < -0.3 is 10.5 Å². The zero-order valence-electron chi connectivity index (χ0n) is 9.30. The maximum atomic E-state index is 12.6. The molecule has 0 amide bonds. The normalized spacial score (nSPS) is 21.0. The van der Waals surface area contributed by atoms with Crippen molar-refractivity contribution in [1.82, 2.24) is 4.90 Å². The minimum absolute atomic E-state index is 0.0217. The average Bonchev–Trinajstić information content (AvgIpc) is 2.24. The summed E-state index contributed by atoms with van der Waals surface area (Å²) < 4.78 is 42.8. The Bertz CT molecular complexity index is 193. The van der Waals surface area contributed by atoms with Crippen molar-refractivity contribution < 1.29 is 17.9 Å². The Morgan fingerprint density at radius 2 is 1.81 bits per heavy atom.